The van der Waals surface area contributed by atoms with Crippen molar-refractivity contribution in [2.75, 3.05) is 13.2 Å². The summed E-state index contributed by atoms with van der Waals surface area (Å²) < 4.78 is 10.8. The van der Waals surface area contributed by atoms with Crippen molar-refractivity contribution in [2.45, 2.75) is 51.2 Å². The highest BCUT2D eigenvalue weighted by Gasteiger charge is 2.42. The quantitative estimate of drug-likeness (QED) is 0.573. The molecule has 7 nitrogen and oxygen atoms in total. The molecule has 0 bridgehead atoms. The molecule has 30 heavy (non-hydrogen) atoms. The molecule has 2 N–H and O–H groups in total. The molecule has 0 unspecified atom stereocenters. The van der Waals surface area contributed by atoms with E-state index in [4.69, 9.17) is 14.3 Å². The van der Waals surface area contributed by atoms with Crippen molar-refractivity contribution < 1.29 is 29.0 Å². The Bertz CT molecular complexity index is 833. The molecule has 0 aliphatic carbocycles. The maximum absolute atomic E-state index is 13.0. The fraction of sp³-hybridized carbons (Fsp3) is 0.478. The van der Waals surface area contributed by atoms with E-state index < -0.39 is 30.1 Å². The number of aryl methyl sites for hydroxylation is 1. The van der Waals surface area contributed by atoms with Gasteiger partial charge in [-0.25, -0.2) is 9.69 Å². The second-order valence-corrected chi connectivity index (χ2v) is 7.64. The predicted octanol–water partition coefficient (Wildman–Crippen LogP) is 3.76. The van der Waals surface area contributed by atoms with Gasteiger partial charge in [-0.3, -0.25) is 4.79 Å². The van der Waals surface area contributed by atoms with Gasteiger partial charge in [0.05, 0.1) is 5.92 Å². The summed E-state index contributed by atoms with van der Waals surface area (Å²) in [7, 11) is 0. The number of carbonyl (C=O) groups excluding carboxylic acids is 2. The van der Waals surface area contributed by atoms with E-state index in [0.29, 0.717) is 5.76 Å². The molecule has 0 spiro atoms. The van der Waals surface area contributed by atoms with Crippen molar-refractivity contribution in [3.05, 3.63) is 59.5 Å². The second kappa shape index (κ2) is 10.4. The summed E-state index contributed by atoms with van der Waals surface area (Å²) in [6.07, 6.45) is 2.55. The average Bonchev–Trinajstić information content (AvgIpc) is 3.39. The van der Waals surface area contributed by atoms with Gasteiger partial charge in [0, 0.05) is 13.0 Å². The summed E-state index contributed by atoms with van der Waals surface area (Å²) in [6.45, 7) is 1.88. The highest BCUT2D eigenvalue weighted by molar-refractivity contribution is 5.95. The van der Waals surface area contributed by atoms with Gasteiger partial charge in [0.25, 0.3) is 0 Å². The van der Waals surface area contributed by atoms with Gasteiger partial charge in [-0.2, -0.15) is 0 Å². The van der Waals surface area contributed by atoms with E-state index in [1.165, 1.54) is 0 Å². The van der Waals surface area contributed by atoms with E-state index in [1.54, 1.807) is 19.1 Å². The summed E-state index contributed by atoms with van der Waals surface area (Å²) in [6, 6.07) is 12.2. The molecule has 1 aromatic heterocycles. The van der Waals surface area contributed by atoms with Gasteiger partial charge < -0.3 is 19.4 Å². The van der Waals surface area contributed by atoms with Crippen LogP contribution in [0.2, 0.25) is 0 Å². The lowest BCUT2D eigenvalue weighted by Gasteiger charge is -2.25. The number of hydrogen-bond donors (Lipinski definition) is 2. The van der Waals surface area contributed by atoms with E-state index in [0.717, 1.165) is 48.3 Å². The molecular weight excluding hydrogens is 386 g/mol. The van der Waals surface area contributed by atoms with E-state index in [9.17, 15) is 14.7 Å². The van der Waals surface area contributed by atoms with Crippen LogP contribution in [-0.2, 0) is 16.0 Å². The molecule has 1 aliphatic rings. The Hall–Kier alpha value is -2.64. The first kappa shape index (κ1) is 22.1. The van der Waals surface area contributed by atoms with Gasteiger partial charge in [-0.15, -0.1) is 0 Å². The third kappa shape index (κ3) is 5.09. The number of aliphatic hydroxyl groups excluding tert-OH is 2. The lowest BCUT2D eigenvalue weighted by Crippen LogP contribution is -2.39. The van der Waals surface area contributed by atoms with Crippen LogP contribution >= 0.6 is 0 Å². The highest BCUT2D eigenvalue weighted by Crippen LogP contribution is 2.33. The maximum Gasteiger partial charge on any atom is 0.417 e. The zero-order valence-corrected chi connectivity index (χ0v) is 17.2. The van der Waals surface area contributed by atoms with Crippen molar-refractivity contribution in [2.24, 2.45) is 5.92 Å². The van der Waals surface area contributed by atoms with Crippen LogP contribution in [0.3, 0.4) is 0 Å². The summed E-state index contributed by atoms with van der Waals surface area (Å²) in [5.41, 5.74) is 0.805. The van der Waals surface area contributed by atoms with E-state index in [1.807, 2.05) is 30.3 Å². The average molecular weight is 415 g/mol. The summed E-state index contributed by atoms with van der Waals surface area (Å²) in [5.74, 6) is -0.313. The van der Waals surface area contributed by atoms with Gasteiger partial charge in [0.2, 0.25) is 5.91 Å². The molecule has 1 fully saturated rings. The second-order valence-electron chi connectivity index (χ2n) is 7.64. The van der Waals surface area contributed by atoms with Crippen LogP contribution in [0, 0.1) is 5.92 Å². The topological polar surface area (TPSA) is 100 Å². The molecule has 2 aromatic rings. The van der Waals surface area contributed by atoms with E-state index >= 15 is 0 Å². The molecule has 2 amide bonds. The Morgan fingerprint density at radius 1 is 1.13 bits per heavy atom. The number of hydrogen-bond acceptors (Lipinski definition) is 6. The monoisotopic (exact) mass is 415 g/mol. The van der Waals surface area contributed by atoms with Crippen molar-refractivity contribution in [3.63, 3.8) is 0 Å². The fourth-order valence-electron chi connectivity index (χ4n) is 3.64. The van der Waals surface area contributed by atoms with Crippen LogP contribution < -0.4 is 0 Å². The van der Waals surface area contributed by atoms with E-state index in [-0.39, 0.29) is 13.2 Å². The summed E-state index contributed by atoms with van der Waals surface area (Å²) in [4.78, 5) is 26.4. The van der Waals surface area contributed by atoms with Gasteiger partial charge in [0.15, 0.2) is 0 Å². The number of ether oxygens (including phenoxy) is 1. The minimum absolute atomic E-state index is 0.0958. The van der Waals surface area contributed by atoms with Crippen LogP contribution in [0.25, 0.3) is 0 Å². The SMILES string of the molecule is C[C@H](C(=O)N1C(=O)OC[C@@H]1c1ccccc1)[C@H](O)c1ccc(CCCCCCO)o1. The molecule has 0 radical (unpaired) electrons. The number of benzene rings is 1. The standard InChI is InChI=1S/C23H29NO6/c1-16(21(26)20-13-12-18(30-20)11-7-2-3-8-14-25)22(27)24-19(15-29-23(24)28)17-9-5-4-6-10-17/h4-6,9-10,12-13,16,19,21,25-26H,2-3,7-8,11,14-15H2,1H3/t16-,19+,21-/m0/s1. The first-order valence-electron chi connectivity index (χ1n) is 10.4. The van der Waals surface area contributed by atoms with Crippen molar-refractivity contribution in [3.8, 4) is 0 Å². The Morgan fingerprint density at radius 3 is 2.60 bits per heavy atom. The molecule has 3 rings (SSSR count). The number of nitrogens with zero attached hydrogens (tertiary/aromatic N) is 1. The number of amides is 2. The molecule has 1 aromatic carbocycles. The molecule has 1 saturated heterocycles. The molecule has 3 atom stereocenters. The largest absolute Gasteiger partial charge is 0.463 e. The van der Waals surface area contributed by atoms with Crippen LogP contribution in [-0.4, -0.2) is 40.3 Å². The van der Waals surface area contributed by atoms with Crippen molar-refractivity contribution in [1.29, 1.82) is 0 Å². The lowest BCUT2D eigenvalue weighted by molar-refractivity contribution is -0.137. The zero-order valence-electron chi connectivity index (χ0n) is 17.2. The predicted molar refractivity (Wildman–Crippen MR) is 109 cm³/mol. The molecule has 2 heterocycles. The summed E-state index contributed by atoms with van der Waals surface area (Å²) >= 11 is 0. The maximum atomic E-state index is 13.0. The normalized spacial score (nSPS) is 18.3. The van der Waals surface area contributed by atoms with Crippen LogP contribution in [0.1, 0.15) is 61.8 Å². The number of aliphatic hydroxyl groups is 2. The summed E-state index contributed by atoms with van der Waals surface area (Å²) in [5, 5.41) is 19.5. The highest BCUT2D eigenvalue weighted by atomic mass is 16.6. The minimum atomic E-state index is -1.16. The van der Waals surface area contributed by atoms with Gasteiger partial charge in [0.1, 0.15) is 30.3 Å². The number of furan rings is 1. The van der Waals surface area contributed by atoms with Crippen molar-refractivity contribution >= 4 is 12.0 Å². The van der Waals surface area contributed by atoms with Crippen LogP contribution in [0.4, 0.5) is 4.79 Å². The van der Waals surface area contributed by atoms with Gasteiger partial charge in [-0.05, 0) is 30.5 Å². The van der Waals surface area contributed by atoms with Crippen LogP contribution in [0.15, 0.2) is 46.9 Å². The number of rotatable bonds is 10. The number of cyclic esters (lactones) is 1. The molecule has 0 saturated carbocycles. The number of carbonyl (C=O) groups is 2. The Morgan fingerprint density at radius 2 is 1.87 bits per heavy atom. The van der Waals surface area contributed by atoms with Crippen molar-refractivity contribution in [1.82, 2.24) is 4.90 Å². The van der Waals surface area contributed by atoms with Gasteiger partial charge in [-0.1, -0.05) is 50.1 Å². The Balaban J connectivity index is 1.63. The van der Waals surface area contributed by atoms with Gasteiger partial charge >= 0.3 is 6.09 Å². The lowest BCUT2D eigenvalue weighted by atomic mass is 9.99. The van der Waals surface area contributed by atoms with Crippen LogP contribution in [0.5, 0.6) is 0 Å². The third-order valence-corrected chi connectivity index (χ3v) is 5.46. The zero-order chi connectivity index (χ0) is 21.5. The number of unbranched alkanes of at least 4 members (excludes halogenated alkanes) is 3. The van der Waals surface area contributed by atoms with E-state index in [2.05, 4.69) is 0 Å². The molecule has 162 valence electrons. The molecule has 1 aliphatic heterocycles. The molecule has 7 heteroatoms. The minimum Gasteiger partial charge on any atom is -0.463 e. The first-order valence-corrected chi connectivity index (χ1v) is 10.4. The fourth-order valence-corrected chi connectivity index (χ4v) is 3.64. The number of imide groups is 1. The Kier molecular flexibility index (Phi) is 7.65. The first-order chi connectivity index (χ1) is 14.5. The third-order valence-electron chi connectivity index (χ3n) is 5.46. The molecular formula is C23H29NO6. The Labute approximate surface area is 176 Å². The smallest absolute Gasteiger partial charge is 0.417 e.